The number of nitrogens with one attached hydrogen (secondary N) is 1. The lowest BCUT2D eigenvalue weighted by Crippen LogP contribution is -2.21. The molecule has 0 aliphatic rings. The van der Waals surface area contributed by atoms with Crippen molar-refractivity contribution in [2.75, 3.05) is 7.11 Å². The van der Waals surface area contributed by atoms with Gasteiger partial charge in [0.25, 0.3) is 0 Å². The monoisotopic (exact) mass is 285 g/mol. The van der Waals surface area contributed by atoms with E-state index in [1.165, 1.54) is 16.7 Å². The first kappa shape index (κ1) is 15.5. The summed E-state index contributed by atoms with van der Waals surface area (Å²) in [7, 11) is 1.72. The van der Waals surface area contributed by atoms with E-state index in [0.29, 0.717) is 12.4 Å². The Morgan fingerprint density at radius 2 is 1.71 bits per heavy atom. The average molecular weight is 285 g/mol. The highest BCUT2D eigenvalue weighted by Crippen LogP contribution is 2.20. The van der Waals surface area contributed by atoms with Gasteiger partial charge < -0.3 is 15.2 Å². The van der Waals surface area contributed by atoms with E-state index in [-0.39, 0.29) is 6.04 Å². The van der Waals surface area contributed by atoms with Crippen LogP contribution in [0, 0.1) is 0 Å². The summed E-state index contributed by atoms with van der Waals surface area (Å²) in [5.41, 5.74) is 3.67. The van der Waals surface area contributed by atoms with Crippen LogP contribution < -0.4 is 5.32 Å². The third-order valence-corrected chi connectivity index (χ3v) is 3.66. The van der Waals surface area contributed by atoms with Crippen LogP contribution >= 0.6 is 0 Å². The van der Waals surface area contributed by atoms with Gasteiger partial charge in [-0.3, -0.25) is 0 Å². The van der Waals surface area contributed by atoms with Crippen molar-refractivity contribution in [1.82, 2.24) is 5.32 Å². The van der Waals surface area contributed by atoms with E-state index < -0.39 is 0 Å². The van der Waals surface area contributed by atoms with Crippen LogP contribution in [0.2, 0.25) is 0 Å². The van der Waals surface area contributed by atoms with Gasteiger partial charge in [-0.15, -0.1) is 0 Å². The fourth-order valence-corrected chi connectivity index (χ4v) is 2.46. The van der Waals surface area contributed by atoms with Crippen LogP contribution in [-0.2, 0) is 17.9 Å². The molecule has 2 aromatic rings. The molecule has 0 spiro atoms. The highest BCUT2D eigenvalue weighted by Gasteiger charge is 2.10. The van der Waals surface area contributed by atoms with Gasteiger partial charge in [-0.25, -0.2) is 0 Å². The molecule has 112 valence electrons. The normalized spacial score (nSPS) is 12.3. The Bertz CT molecular complexity index is 551. The van der Waals surface area contributed by atoms with E-state index in [4.69, 9.17) is 4.74 Å². The van der Waals surface area contributed by atoms with Gasteiger partial charge in [0.1, 0.15) is 5.75 Å². The van der Waals surface area contributed by atoms with Crippen molar-refractivity contribution in [3.8, 4) is 5.75 Å². The van der Waals surface area contributed by atoms with Gasteiger partial charge in [-0.1, -0.05) is 43.3 Å². The van der Waals surface area contributed by atoms with Gasteiger partial charge in [-0.05, 0) is 35.2 Å². The molecule has 2 aromatic carbocycles. The van der Waals surface area contributed by atoms with Crippen molar-refractivity contribution in [3.63, 3.8) is 0 Å². The molecule has 0 aliphatic carbocycles. The van der Waals surface area contributed by atoms with Crippen LogP contribution in [0.3, 0.4) is 0 Å². The summed E-state index contributed by atoms with van der Waals surface area (Å²) in [5.74, 6) is 0.305. The molecule has 0 aromatic heterocycles. The molecule has 2 N–H and O–H groups in total. The Labute approximate surface area is 126 Å². The zero-order valence-electron chi connectivity index (χ0n) is 12.7. The summed E-state index contributed by atoms with van der Waals surface area (Å²) in [6.07, 6.45) is 0.997. The number of phenolic OH excluding ortho intramolecular Hbond substituents is 1. The standard InChI is InChI=1S/C18H23NO2/c1-3-18(14-8-10-17(20)11-9-14)19-12-15-6-4-5-7-16(15)13-21-2/h4-11,18-20H,3,12-13H2,1-2H3. The van der Waals surface area contributed by atoms with Crippen molar-refractivity contribution in [2.24, 2.45) is 0 Å². The van der Waals surface area contributed by atoms with E-state index in [2.05, 4.69) is 30.4 Å². The smallest absolute Gasteiger partial charge is 0.115 e. The molecule has 3 heteroatoms. The maximum atomic E-state index is 9.38. The maximum absolute atomic E-state index is 9.38. The van der Waals surface area contributed by atoms with E-state index in [1.54, 1.807) is 19.2 Å². The SMILES string of the molecule is CCC(NCc1ccccc1COC)c1ccc(O)cc1. The van der Waals surface area contributed by atoms with E-state index >= 15 is 0 Å². The Kier molecular flexibility index (Phi) is 5.78. The number of methoxy groups -OCH3 is 1. The molecule has 2 rings (SSSR count). The van der Waals surface area contributed by atoms with Gasteiger partial charge in [-0.2, -0.15) is 0 Å². The average Bonchev–Trinajstić information content (AvgIpc) is 2.51. The molecule has 0 bridgehead atoms. The molecule has 0 saturated heterocycles. The number of aromatic hydroxyl groups is 1. The lowest BCUT2D eigenvalue weighted by atomic mass is 10.0. The second kappa shape index (κ2) is 7.81. The lowest BCUT2D eigenvalue weighted by molar-refractivity contribution is 0.184. The molecule has 0 amide bonds. The summed E-state index contributed by atoms with van der Waals surface area (Å²) in [5, 5.41) is 13.0. The fourth-order valence-electron chi connectivity index (χ4n) is 2.46. The Morgan fingerprint density at radius 3 is 2.33 bits per heavy atom. The quantitative estimate of drug-likeness (QED) is 0.813. The zero-order chi connectivity index (χ0) is 15.1. The Hall–Kier alpha value is -1.84. The van der Waals surface area contributed by atoms with Crippen LogP contribution in [-0.4, -0.2) is 12.2 Å². The first-order valence-corrected chi connectivity index (χ1v) is 7.32. The topological polar surface area (TPSA) is 41.5 Å². The van der Waals surface area contributed by atoms with Crippen molar-refractivity contribution in [2.45, 2.75) is 32.5 Å². The number of hydrogen-bond donors (Lipinski definition) is 2. The number of hydrogen-bond acceptors (Lipinski definition) is 3. The molecular formula is C18H23NO2. The molecule has 0 radical (unpaired) electrons. The van der Waals surface area contributed by atoms with Crippen LogP contribution in [0.5, 0.6) is 5.75 Å². The molecule has 21 heavy (non-hydrogen) atoms. The van der Waals surface area contributed by atoms with Gasteiger partial charge in [0.15, 0.2) is 0 Å². The summed E-state index contributed by atoms with van der Waals surface area (Å²) < 4.78 is 5.24. The summed E-state index contributed by atoms with van der Waals surface area (Å²) in [6, 6.07) is 16.0. The largest absolute Gasteiger partial charge is 0.508 e. The maximum Gasteiger partial charge on any atom is 0.115 e. The third-order valence-electron chi connectivity index (χ3n) is 3.66. The second-order valence-corrected chi connectivity index (χ2v) is 5.13. The zero-order valence-corrected chi connectivity index (χ0v) is 12.7. The molecule has 3 nitrogen and oxygen atoms in total. The number of phenols is 1. The predicted molar refractivity (Wildman–Crippen MR) is 85.1 cm³/mol. The minimum Gasteiger partial charge on any atom is -0.508 e. The Morgan fingerprint density at radius 1 is 1.05 bits per heavy atom. The first-order chi connectivity index (χ1) is 10.2. The van der Waals surface area contributed by atoms with Crippen molar-refractivity contribution in [3.05, 3.63) is 65.2 Å². The van der Waals surface area contributed by atoms with Crippen molar-refractivity contribution < 1.29 is 9.84 Å². The van der Waals surface area contributed by atoms with Crippen molar-refractivity contribution in [1.29, 1.82) is 0 Å². The van der Waals surface area contributed by atoms with Crippen LogP contribution in [0.25, 0.3) is 0 Å². The van der Waals surface area contributed by atoms with Gasteiger partial charge in [0.2, 0.25) is 0 Å². The number of rotatable bonds is 7. The minimum absolute atomic E-state index is 0.279. The minimum atomic E-state index is 0.279. The van der Waals surface area contributed by atoms with Gasteiger partial charge in [0, 0.05) is 19.7 Å². The highest BCUT2D eigenvalue weighted by atomic mass is 16.5. The van der Waals surface area contributed by atoms with E-state index in [0.717, 1.165) is 13.0 Å². The summed E-state index contributed by atoms with van der Waals surface area (Å²) in [6.45, 7) is 3.60. The summed E-state index contributed by atoms with van der Waals surface area (Å²) >= 11 is 0. The molecule has 1 atom stereocenters. The highest BCUT2D eigenvalue weighted by molar-refractivity contribution is 5.29. The summed E-state index contributed by atoms with van der Waals surface area (Å²) in [4.78, 5) is 0. The molecule has 0 aliphatic heterocycles. The third kappa shape index (κ3) is 4.31. The van der Waals surface area contributed by atoms with Crippen LogP contribution in [0.1, 0.15) is 36.1 Å². The molecule has 0 saturated carbocycles. The van der Waals surface area contributed by atoms with Crippen LogP contribution in [0.15, 0.2) is 48.5 Å². The van der Waals surface area contributed by atoms with Crippen LogP contribution in [0.4, 0.5) is 0 Å². The number of benzene rings is 2. The lowest BCUT2D eigenvalue weighted by Gasteiger charge is -2.19. The van der Waals surface area contributed by atoms with Gasteiger partial charge >= 0.3 is 0 Å². The Balaban J connectivity index is 2.05. The first-order valence-electron chi connectivity index (χ1n) is 7.32. The molecule has 0 heterocycles. The van der Waals surface area contributed by atoms with Crippen molar-refractivity contribution >= 4 is 0 Å². The van der Waals surface area contributed by atoms with E-state index in [1.807, 2.05) is 18.2 Å². The number of ether oxygens (including phenoxy) is 1. The fraction of sp³-hybridized carbons (Fsp3) is 0.333. The van der Waals surface area contributed by atoms with Gasteiger partial charge in [0.05, 0.1) is 6.61 Å². The van der Waals surface area contributed by atoms with E-state index in [9.17, 15) is 5.11 Å². The second-order valence-electron chi connectivity index (χ2n) is 5.13. The predicted octanol–water partition coefficient (Wildman–Crippen LogP) is 3.78. The molecule has 0 fully saturated rings. The molecular weight excluding hydrogens is 262 g/mol. The molecule has 1 unspecified atom stereocenters.